The predicted octanol–water partition coefficient (Wildman–Crippen LogP) is 1.99. The van der Waals surface area contributed by atoms with E-state index in [0.29, 0.717) is 6.54 Å². The van der Waals surface area contributed by atoms with E-state index in [1.807, 2.05) is 35.7 Å². The Hall–Kier alpha value is -2.60. The van der Waals surface area contributed by atoms with Crippen molar-refractivity contribution in [1.82, 2.24) is 19.9 Å². The van der Waals surface area contributed by atoms with Crippen molar-refractivity contribution in [3.05, 3.63) is 54.0 Å². The summed E-state index contributed by atoms with van der Waals surface area (Å²) in [5, 5.41) is 30.6. The highest BCUT2D eigenvalue weighted by molar-refractivity contribution is 5.38. The fraction of sp³-hybridized carbons (Fsp3) is 0.200. The molecule has 0 aliphatic heterocycles. The van der Waals surface area contributed by atoms with Crippen molar-refractivity contribution in [2.24, 2.45) is 0 Å². The van der Waals surface area contributed by atoms with Crippen LogP contribution in [0.4, 0.5) is 0 Å². The Bertz CT molecular complexity index is 749. The van der Waals surface area contributed by atoms with E-state index < -0.39 is 0 Å². The molecule has 1 unspecified atom stereocenters. The first-order valence-electron chi connectivity index (χ1n) is 6.68. The van der Waals surface area contributed by atoms with Gasteiger partial charge in [-0.25, -0.2) is 0 Å². The molecule has 1 aromatic carbocycles. The number of phenolic OH excluding ortho intramolecular Hbond substituents is 2. The topological polar surface area (TPSA) is 82.7 Å². The summed E-state index contributed by atoms with van der Waals surface area (Å²) in [7, 11) is 0. The number of nitrogens with one attached hydrogen (secondary N) is 1. The molecular weight excluding hydrogens is 268 g/mol. The van der Waals surface area contributed by atoms with Gasteiger partial charge < -0.3 is 15.5 Å². The van der Waals surface area contributed by atoms with Gasteiger partial charge in [0.05, 0.1) is 6.54 Å². The average Bonchev–Trinajstić information content (AvgIpc) is 2.87. The lowest BCUT2D eigenvalue weighted by molar-refractivity contribution is 0.445. The van der Waals surface area contributed by atoms with Crippen LogP contribution in [0.2, 0.25) is 0 Å². The van der Waals surface area contributed by atoms with E-state index >= 15 is 0 Å². The number of nitrogens with zero attached hydrogens (tertiary/aromatic N) is 3. The van der Waals surface area contributed by atoms with E-state index in [-0.39, 0.29) is 17.5 Å². The molecule has 2 aromatic heterocycles. The first kappa shape index (κ1) is 13.4. The molecule has 21 heavy (non-hydrogen) atoms. The molecule has 0 aliphatic carbocycles. The van der Waals surface area contributed by atoms with Crippen LogP contribution in [0.5, 0.6) is 11.5 Å². The van der Waals surface area contributed by atoms with Gasteiger partial charge in [0.1, 0.15) is 11.5 Å². The van der Waals surface area contributed by atoms with Gasteiger partial charge in [-0.05, 0) is 36.8 Å². The fourth-order valence-corrected chi connectivity index (χ4v) is 2.24. The Morgan fingerprint density at radius 1 is 1.14 bits per heavy atom. The second-order valence-electron chi connectivity index (χ2n) is 4.93. The summed E-state index contributed by atoms with van der Waals surface area (Å²) in [5.41, 5.74) is 1.61. The van der Waals surface area contributed by atoms with Crippen LogP contribution < -0.4 is 5.32 Å². The maximum Gasteiger partial charge on any atom is 0.160 e. The summed E-state index contributed by atoms with van der Waals surface area (Å²) in [6.45, 7) is 2.49. The van der Waals surface area contributed by atoms with Crippen molar-refractivity contribution in [3.8, 4) is 11.5 Å². The van der Waals surface area contributed by atoms with Gasteiger partial charge in [0, 0.05) is 18.3 Å². The minimum absolute atomic E-state index is 0.0425. The number of rotatable bonds is 4. The summed E-state index contributed by atoms with van der Waals surface area (Å²) < 4.78 is 1.92. The lowest BCUT2D eigenvalue weighted by atomic mass is 10.1. The van der Waals surface area contributed by atoms with Crippen molar-refractivity contribution >= 4 is 5.65 Å². The smallest absolute Gasteiger partial charge is 0.160 e. The molecule has 0 fully saturated rings. The Morgan fingerprint density at radius 3 is 2.67 bits per heavy atom. The highest BCUT2D eigenvalue weighted by Gasteiger charge is 2.10. The molecule has 108 valence electrons. The third-order valence-electron chi connectivity index (χ3n) is 3.38. The zero-order valence-electron chi connectivity index (χ0n) is 11.6. The zero-order valence-corrected chi connectivity index (χ0v) is 11.6. The van der Waals surface area contributed by atoms with Crippen LogP contribution >= 0.6 is 0 Å². The normalized spacial score (nSPS) is 12.6. The van der Waals surface area contributed by atoms with Crippen LogP contribution in [-0.4, -0.2) is 24.8 Å². The molecule has 6 heteroatoms. The van der Waals surface area contributed by atoms with Crippen LogP contribution in [-0.2, 0) is 6.54 Å². The highest BCUT2D eigenvalue weighted by Crippen LogP contribution is 2.24. The van der Waals surface area contributed by atoms with Crippen LogP contribution in [0, 0.1) is 0 Å². The van der Waals surface area contributed by atoms with E-state index in [9.17, 15) is 10.2 Å². The molecule has 3 aromatic rings. The molecule has 0 saturated heterocycles. The minimum atomic E-state index is -0.0425. The number of pyridine rings is 1. The van der Waals surface area contributed by atoms with E-state index in [0.717, 1.165) is 17.0 Å². The monoisotopic (exact) mass is 284 g/mol. The molecule has 0 radical (unpaired) electrons. The lowest BCUT2D eigenvalue weighted by Gasteiger charge is -2.14. The fourth-order valence-electron chi connectivity index (χ4n) is 2.24. The largest absolute Gasteiger partial charge is 0.508 e. The Kier molecular flexibility index (Phi) is 3.45. The van der Waals surface area contributed by atoms with E-state index in [2.05, 4.69) is 15.5 Å². The van der Waals surface area contributed by atoms with Gasteiger partial charge in [0.15, 0.2) is 11.5 Å². The van der Waals surface area contributed by atoms with Gasteiger partial charge in [-0.2, -0.15) is 0 Å². The molecule has 0 amide bonds. The highest BCUT2D eigenvalue weighted by atomic mass is 16.3. The minimum Gasteiger partial charge on any atom is -0.508 e. The van der Waals surface area contributed by atoms with Crippen molar-refractivity contribution in [1.29, 1.82) is 0 Å². The Labute approximate surface area is 121 Å². The Balaban J connectivity index is 1.75. The first-order chi connectivity index (χ1) is 10.1. The van der Waals surface area contributed by atoms with Gasteiger partial charge in [-0.15, -0.1) is 10.2 Å². The van der Waals surface area contributed by atoms with Crippen molar-refractivity contribution in [3.63, 3.8) is 0 Å². The summed E-state index contributed by atoms with van der Waals surface area (Å²) in [6, 6.07) is 10.3. The average molecular weight is 284 g/mol. The van der Waals surface area contributed by atoms with Crippen LogP contribution in [0.25, 0.3) is 5.65 Å². The molecule has 0 aliphatic rings. The molecule has 3 rings (SSSR count). The Morgan fingerprint density at radius 2 is 1.90 bits per heavy atom. The van der Waals surface area contributed by atoms with E-state index in [1.54, 1.807) is 12.1 Å². The van der Waals surface area contributed by atoms with Crippen LogP contribution in [0.15, 0.2) is 42.6 Å². The van der Waals surface area contributed by atoms with Gasteiger partial charge in [-0.3, -0.25) is 4.40 Å². The summed E-state index contributed by atoms with van der Waals surface area (Å²) in [5.74, 6) is 0.903. The van der Waals surface area contributed by atoms with Gasteiger partial charge in [-0.1, -0.05) is 6.07 Å². The molecule has 0 spiro atoms. The molecule has 2 heterocycles. The first-order valence-corrected chi connectivity index (χ1v) is 6.68. The molecular formula is C15H16N4O2. The van der Waals surface area contributed by atoms with Crippen molar-refractivity contribution < 1.29 is 10.2 Å². The number of benzene rings is 1. The van der Waals surface area contributed by atoms with Crippen LogP contribution in [0.1, 0.15) is 24.4 Å². The number of aromatic nitrogens is 3. The van der Waals surface area contributed by atoms with E-state index in [4.69, 9.17) is 0 Å². The molecule has 0 bridgehead atoms. The lowest BCUT2D eigenvalue weighted by Crippen LogP contribution is -2.19. The van der Waals surface area contributed by atoms with Gasteiger partial charge in [0.2, 0.25) is 0 Å². The number of fused-ring (bicyclic) bond motifs is 1. The third-order valence-corrected chi connectivity index (χ3v) is 3.38. The van der Waals surface area contributed by atoms with Crippen LogP contribution in [0.3, 0.4) is 0 Å². The SMILES string of the molecule is CC(NCc1nnc2ccccn12)c1cc(O)cc(O)c1. The molecule has 6 nitrogen and oxygen atoms in total. The second kappa shape index (κ2) is 5.41. The molecule has 1 atom stereocenters. The zero-order chi connectivity index (χ0) is 14.8. The molecule has 0 saturated carbocycles. The third kappa shape index (κ3) is 2.80. The quantitative estimate of drug-likeness (QED) is 0.682. The second-order valence-corrected chi connectivity index (χ2v) is 4.93. The number of hydrogen-bond acceptors (Lipinski definition) is 5. The van der Waals surface area contributed by atoms with Crippen molar-refractivity contribution in [2.75, 3.05) is 0 Å². The maximum absolute atomic E-state index is 9.52. The number of phenols is 2. The van der Waals surface area contributed by atoms with Gasteiger partial charge >= 0.3 is 0 Å². The van der Waals surface area contributed by atoms with E-state index in [1.165, 1.54) is 6.07 Å². The summed E-state index contributed by atoms with van der Waals surface area (Å²) in [6.07, 6.45) is 1.91. The summed E-state index contributed by atoms with van der Waals surface area (Å²) >= 11 is 0. The number of hydrogen-bond donors (Lipinski definition) is 3. The molecule has 3 N–H and O–H groups in total. The van der Waals surface area contributed by atoms with Gasteiger partial charge in [0.25, 0.3) is 0 Å². The van der Waals surface area contributed by atoms with Crippen molar-refractivity contribution in [2.45, 2.75) is 19.5 Å². The summed E-state index contributed by atoms with van der Waals surface area (Å²) in [4.78, 5) is 0. The maximum atomic E-state index is 9.52. The number of aromatic hydroxyl groups is 2. The standard InChI is InChI=1S/C15H16N4O2/c1-10(11-6-12(20)8-13(21)7-11)16-9-15-18-17-14-4-2-3-5-19(14)15/h2-8,10,16,20-21H,9H2,1H3. The predicted molar refractivity (Wildman–Crippen MR) is 78.0 cm³/mol.